The zero-order valence-corrected chi connectivity index (χ0v) is 46.0. The van der Waals surface area contributed by atoms with Crippen molar-refractivity contribution >= 4 is 97.0 Å². The van der Waals surface area contributed by atoms with Crippen molar-refractivity contribution in [3.8, 4) is 77.9 Å². The van der Waals surface area contributed by atoms with Gasteiger partial charge in [0, 0.05) is 0 Å². The van der Waals surface area contributed by atoms with Gasteiger partial charge in [0.2, 0.25) is 0 Å². The highest BCUT2D eigenvalue weighted by atomic mass is 14.2. The van der Waals surface area contributed by atoms with E-state index in [-0.39, 0.29) is 0 Å². The molecule has 0 radical (unpaired) electrons. The second-order valence-corrected chi connectivity index (χ2v) is 22.6. The first-order chi connectivity index (χ1) is 41.6. The summed E-state index contributed by atoms with van der Waals surface area (Å²) in [6.45, 7) is 0. The van der Waals surface area contributed by atoms with E-state index in [9.17, 15) is 0 Å². The minimum absolute atomic E-state index is 1.20. The Bertz CT molecular complexity index is 5430. The third kappa shape index (κ3) is 7.76. The van der Waals surface area contributed by atoms with Crippen LogP contribution in [0.5, 0.6) is 0 Å². The van der Waals surface area contributed by atoms with E-state index >= 15 is 0 Å². The maximum absolute atomic E-state index is 2.38. The van der Waals surface area contributed by atoms with Gasteiger partial charge < -0.3 is 0 Å². The van der Waals surface area contributed by atoms with Gasteiger partial charge in [-0.25, -0.2) is 0 Å². The summed E-state index contributed by atoms with van der Waals surface area (Å²) in [6.07, 6.45) is 0. The minimum atomic E-state index is 1.20. The molecule has 388 valence electrons. The summed E-state index contributed by atoms with van der Waals surface area (Å²) < 4.78 is 0. The molecule has 0 amide bonds. The first kappa shape index (κ1) is 47.8. The summed E-state index contributed by atoms with van der Waals surface area (Å²) in [7, 11) is 0. The van der Waals surface area contributed by atoms with Crippen molar-refractivity contribution in [1.29, 1.82) is 0 Å². The SMILES string of the molecule is c1ccc2cc(-c3c4ccccc4c(-c4ccc(-c5ccc6cc(-c7ccc(-c8ccc9cc(-c%10c%11ccccc%11c(-c%11cccc%12ccccc%11%12)c%11ccccc%10%11)ccc9c8)cc7)ccc6c5)c5ccccc45)c4ccccc34)ccc2c1. The molecule has 0 aliphatic rings. The van der Waals surface area contributed by atoms with Gasteiger partial charge in [0.05, 0.1) is 0 Å². The third-order valence-corrected chi connectivity index (χ3v) is 18.0. The Kier molecular flexibility index (Phi) is 11.0. The van der Waals surface area contributed by atoms with E-state index in [1.165, 1.54) is 175 Å². The third-order valence-electron chi connectivity index (χ3n) is 18.0. The van der Waals surface area contributed by atoms with E-state index in [0.29, 0.717) is 0 Å². The van der Waals surface area contributed by atoms with Crippen LogP contribution in [-0.4, -0.2) is 0 Å². The summed E-state index contributed by atoms with van der Waals surface area (Å²) >= 11 is 0. The number of rotatable bonds is 7. The molecule has 0 bridgehead atoms. The standard InChI is InChI=1S/C84H52/c1-2-18-57-51-65(44-36-53(57)16-1)81-74-25-9-13-29-78(74)84(79-30-14-10-26-75(79)81)80-47-46-68(69-21-5-6-22-70(69)80)64-43-41-60-48-58(37-39-62(60)50-64)54-32-34-55(35-33-54)59-38-40-63-52-66(45-42-61(63)49-59)82-72-23-7-11-27-76(72)83(77-28-12-8-24-73(77)82)71-31-15-19-56-17-3-4-20-67(56)71/h1-52H. The summed E-state index contributed by atoms with van der Waals surface area (Å²) in [4.78, 5) is 0. The van der Waals surface area contributed by atoms with Gasteiger partial charge in [-0.3, -0.25) is 0 Å². The Labute approximate surface area is 487 Å². The Balaban J connectivity index is 0.675. The van der Waals surface area contributed by atoms with Crippen LogP contribution in [0.25, 0.3) is 175 Å². The van der Waals surface area contributed by atoms with Gasteiger partial charge in [-0.2, -0.15) is 0 Å². The first-order valence-electron chi connectivity index (χ1n) is 29.2. The molecule has 0 N–H and O–H groups in total. The van der Waals surface area contributed by atoms with Gasteiger partial charge >= 0.3 is 0 Å². The molecule has 0 spiro atoms. The van der Waals surface area contributed by atoms with Crippen molar-refractivity contribution in [1.82, 2.24) is 0 Å². The second kappa shape index (κ2) is 19.4. The van der Waals surface area contributed by atoms with Gasteiger partial charge in [0.1, 0.15) is 0 Å². The smallest absolute Gasteiger partial charge is 0.00201 e. The predicted molar refractivity (Wildman–Crippen MR) is 362 cm³/mol. The lowest BCUT2D eigenvalue weighted by molar-refractivity contribution is 1.61. The molecule has 17 aromatic rings. The van der Waals surface area contributed by atoms with Crippen LogP contribution in [0.1, 0.15) is 0 Å². The highest BCUT2D eigenvalue weighted by Gasteiger charge is 2.21. The molecule has 0 saturated carbocycles. The maximum Gasteiger partial charge on any atom is -0.00201 e. The average Bonchev–Trinajstić information content (AvgIpc) is 3.13. The van der Waals surface area contributed by atoms with Gasteiger partial charge in [-0.05, 0) is 205 Å². The van der Waals surface area contributed by atoms with Crippen LogP contribution in [0.4, 0.5) is 0 Å². The zero-order chi connectivity index (χ0) is 55.2. The summed E-state index contributed by atoms with van der Waals surface area (Å²) in [5.74, 6) is 0. The fourth-order valence-corrected chi connectivity index (χ4v) is 14.0. The van der Waals surface area contributed by atoms with E-state index < -0.39 is 0 Å². The normalized spacial score (nSPS) is 11.8. The fourth-order valence-electron chi connectivity index (χ4n) is 14.0. The Morgan fingerprint density at radius 3 is 0.869 bits per heavy atom. The highest BCUT2D eigenvalue weighted by Crippen LogP contribution is 2.49. The van der Waals surface area contributed by atoms with Crippen LogP contribution in [0.2, 0.25) is 0 Å². The Morgan fingerprint density at radius 1 is 0.119 bits per heavy atom. The Hall–Kier alpha value is -10.9. The highest BCUT2D eigenvalue weighted by molar-refractivity contribution is 6.26. The van der Waals surface area contributed by atoms with Crippen molar-refractivity contribution < 1.29 is 0 Å². The second-order valence-electron chi connectivity index (χ2n) is 22.6. The molecule has 0 aromatic heterocycles. The molecule has 0 aliphatic carbocycles. The topological polar surface area (TPSA) is 0 Å². The number of hydrogen-bond donors (Lipinski definition) is 0. The van der Waals surface area contributed by atoms with Crippen LogP contribution in [0, 0.1) is 0 Å². The van der Waals surface area contributed by atoms with Gasteiger partial charge in [0.15, 0.2) is 0 Å². The molecule has 84 heavy (non-hydrogen) atoms. The lowest BCUT2D eigenvalue weighted by Crippen LogP contribution is -1.92. The molecular weight excluding hydrogens is 1010 g/mol. The van der Waals surface area contributed by atoms with E-state index in [2.05, 4.69) is 315 Å². The van der Waals surface area contributed by atoms with Crippen LogP contribution in [0.3, 0.4) is 0 Å². The number of hydrogen-bond acceptors (Lipinski definition) is 0. The quantitative estimate of drug-likeness (QED) is 0.140. The lowest BCUT2D eigenvalue weighted by Gasteiger charge is -2.20. The number of fused-ring (bicyclic) bond motifs is 9. The molecule has 0 unspecified atom stereocenters. The molecule has 0 nitrogen and oxygen atoms in total. The molecule has 17 aromatic carbocycles. The van der Waals surface area contributed by atoms with Crippen LogP contribution in [-0.2, 0) is 0 Å². The monoisotopic (exact) mass is 1060 g/mol. The van der Waals surface area contributed by atoms with Gasteiger partial charge in [0.25, 0.3) is 0 Å². The molecule has 17 rings (SSSR count). The van der Waals surface area contributed by atoms with Crippen molar-refractivity contribution in [2.24, 2.45) is 0 Å². The molecule has 0 atom stereocenters. The molecule has 0 aliphatic heterocycles. The van der Waals surface area contributed by atoms with Crippen molar-refractivity contribution in [2.75, 3.05) is 0 Å². The molecule has 0 heterocycles. The van der Waals surface area contributed by atoms with E-state index in [4.69, 9.17) is 0 Å². The fraction of sp³-hybridized carbons (Fsp3) is 0. The Morgan fingerprint density at radius 2 is 0.393 bits per heavy atom. The summed E-state index contributed by atoms with van der Waals surface area (Å²) in [5.41, 5.74) is 17.4. The molecule has 0 fully saturated rings. The molecular formula is C84H52. The van der Waals surface area contributed by atoms with E-state index in [1.54, 1.807) is 0 Å². The molecule has 0 saturated heterocycles. The van der Waals surface area contributed by atoms with Crippen LogP contribution in [0.15, 0.2) is 315 Å². The van der Waals surface area contributed by atoms with Crippen LogP contribution < -0.4 is 0 Å². The first-order valence-corrected chi connectivity index (χ1v) is 29.2. The maximum atomic E-state index is 2.38. The summed E-state index contributed by atoms with van der Waals surface area (Å²) in [6, 6.07) is 117. The molecule has 0 heteroatoms. The number of benzene rings is 17. The van der Waals surface area contributed by atoms with E-state index in [0.717, 1.165) is 0 Å². The predicted octanol–water partition coefficient (Wildman–Crippen LogP) is 23.7. The van der Waals surface area contributed by atoms with E-state index in [1.807, 2.05) is 0 Å². The van der Waals surface area contributed by atoms with Gasteiger partial charge in [-0.15, -0.1) is 0 Å². The van der Waals surface area contributed by atoms with Crippen molar-refractivity contribution in [3.05, 3.63) is 315 Å². The van der Waals surface area contributed by atoms with Gasteiger partial charge in [-0.1, -0.05) is 285 Å². The zero-order valence-electron chi connectivity index (χ0n) is 46.0. The summed E-state index contributed by atoms with van der Waals surface area (Å²) in [5, 5.41) is 22.5. The minimum Gasteiger partial charge on any atom is -0.0616 e. The largest absolute Gasteiger partial charge is 0.0616 e. The van der Waals surface area contributed by atoms with Crippen molar-refractivity contribution in [3.63, 3.8) is 0 Å². The van der Waals surface area contributed by atoms with Crippen molar-refractivity contribution in [2.45, 2.75) is 0 Å². The van der Waals surface area contributed by atoms with Crippen LogP contribution >= 0.6 is 0 Å². The average molecular weight is 1060 g/mol. The lowest BCUT2D eigenvalue weighted by atomic mass is 9.83.